The lowest BCUT2D eigenvalue weighted by Crippen LogP contribution is -2.65. The number of hydrogen-bond acceptors (Lipinski definition) is 6. The minimum atomic E-state index is -0.564. The number of nitro groups is 1. The third kappa shape index (κ3) is 3.55. The van der Waals surface area contributed by atoms with Crippen molar-refractivity contribution >= 4 is 12.3 Å². The van der Waals surface area contributed by atoms with Gasteiger partial charge in [-0.05, 0) is 33.6 Å². The number of aliphatic imine (C=N–C) groups is 1. The van der Waals surface area contributed by atoms with E-state index in [-0.39, 0.29) is 23.2 Å². The molecule has 0 unspecified atom stereocenters. The van der Waals surface area contributed by atoms with Gasteiger partial charge in [0.15, 0.2) is 0 Å². The van der Waals surface area contributed by atoms with Gasteiger partial charge in [-0.3, -0.25) is 15.1 Å². The molecule has 1 aliphatic carbocycles. The molecule has 1 spiro atoms. The predicted octanol–water partition coefficient (Wildman–Crippen LogP) is 1.53. The highest BCUT2D eigenvalue weighted by atomic mass is 16.6. The first-order chi connectivity index (χ1) is 10.1. The molecule has 0 radical (unpaired) electrons. The van der Waals surface area contributed by atoms with Crippen LogP contribution < -0.4 is 5.73 Å². The standard InChI is InChI=1S/C14H22N4O4/c1-13(2,3)22-12(19)17-8-14(9-17)4-10(5-14)16-7-11(6-15)18(20)21/h6-7,10H,4-5,8-9,15H2,1-3H3/b11-6+,16-7?. The molecule has 0 aromatic rings. The van der Waals surface area contributed by atoms with Crippen molar-refractivity contribution in [3.63, 3.8) is 0 Å². The van der Waals surface area contributed by atoms with Crippen LogP contribution in [0.4, 0.5) is 4.79 Å². The Morgan fingerprint density at radius 2 is 2.05 bits per heavy atom. The highest BCUT2D eigenvalue weighted by molar-refractivity contribution is 5.75. The maximum atomic E-state index is 11.9. The number of carbonyl (C=O) groups excluding carboxylic acids is 1. The molecular formula is C14H22N4O4. The van der Waals surface area contributed by atoms with E-state index in [1.807, 2.05) is 20.8 Å². The molecule has 1 saturated heterocycles. The first kappa shape index (κ1) is 16.3. The number of nitrogens with two attached hydrogens (primary N) is 1. The van der Waals surface area contributed by atoms with Crippen molar-refractivity contribution < 1.29 is 14.5 Å². The Balaban J connectivity index is 1.76. The van der Waals surface area contributed by atoms with Crippen molar-refractivity contribution in [1.29, 1.82) is 0 Å². The molecule has 22 heavy (non-hydrogen) atoms. The van der Waals surface area contributed by atoms with Crippen LogP contribution in [0.15, 0.2) is 16.9 Å². The summed E-state index contributed by atoms with van der Waals surface area (Å²) in [4.78, 5) is 27.7. The van der Waals surface area contributed by atoms with Gasteiger partial charge in [-0.25, -0.2) is 4.79 Å². The molecule has 1 aliphatic heterocycles. The number of likely N-dealkylation sites (tertiary alicyclic amines) is 1. The first-order valence-corrected chi connectivity index (χ1v) is 7.21. The summed E-state index contributed by atoms with van der Waals surface area (Å²) in [5, 5.41) is 10.6. The second-order valence-corrected chi connectivity index (χ2v) is 7.03. The van der Waals surface area contributed by atoms with Gasteiger partial charge in [0.05, 0.1) is 17.2 Å². The van der Waals surface area contributed by atoms with E-state index in [1.165, 1.54) is 6.21 Å². The smallest absolute Gasteiger partial charge is 0.410 e. The number of allylic oxidation sites excluding steroid dienone is 1. The highest BCUT2D eigenvalue weighted by Crippen LogP contribution is 2.49. The van der Waals surface area contributed by atoms with Crippen LogP contribution in [0.25, 0.3) is 0 Å². The molecule has 0 aromatic carbocycles. The Kier molecular flexibility index (Phi) is 4.12. The molecule has 2 aliphatic rings. The summed E-state index contributed by atoms with van der Waals surface area (Å²) in [6, 6.07) is 0.0655. The Morgan fingerprint density at radius 3 is 2.50 bits per heavy atom. The van der Waals surface area contributed by atoms with Crippen LogP contribution in [-0.2, 0) is 4.74 Å². The third-order valence-electron chi connectivity index (χ3n) is 3.84. The van der Waals surface area contributed by atoms with Crippen molar-refractivity contribution in [3.8, 4) is 0 Å². The molecule has 2 fully saturated rings. The fraction of sp³-hybridized carbons (Fsp3) is 0.714. The topological polar surface area (TPSA) is 111 Å². The number of amides is 1. The average Bonchev–Trinajstić information content (AvgIpc) is 2.26. The fourth-order valence-electron chi connectivity index (χ4n) is 2.86. The van der Waals surface area contributed by atoms with E-state index in [1.54, 1.807) is 4.90 Å². The summed E-state index contributed by atoms with van der Waals surface area (Å²) in [7, 11) is 0. The quantitative estimate of drug-likeness (QED) is 0.483. The summed E-state index contributed by atoms with van der Waals surface area (Å²) >= 11 is 0. The van der Waals surface area contributed by atoms with Crippen molar-refractivity contribution in [3.05, 3.63) is 22.0 Å². The van der Waals surface area contributed by atoms with Crippen LogP contribution in [0.2, 0.25) is 0 Å². The van der Waals surface area contributed by atoms with Crippen LogP contribution >= 0.6 is 0 Å². The lowest BCUT2D eigenvalue weighted by Gasteiger charge is -2.57. The summed E-state index contributed by atoms with van der Waals surface area (Å²) in [5.41, 5.74) is 4.58. The number of carbonyl (C=O) groups is 1. The molecule has 2 rings (SSSR count). The van der Waals surface area contributed by atoms with Crippen molar-refractivity contribution in [1.82, 2.24) is 4.90 Å². The molecule has 0 atom stereocenters. The Hall–Kier alpha value is -2.12. The Morgan fingerprint density at radius 1 is 1.45 bits per heavy atom. The van der Waals surface area contributed by atoms with E-state index in [2.05, 4.69) is 4.99 Å². The molecule has 8 heteroatoms. The lowest BCUT2D eigenvalue weighted by atomic mass is 9.61. The summed E-state index contributed by atoms with van der Waals surface area (Å²) in [6.45, 7) is 6.86. The Bertz CT molecular complexity index is 521. The highest BCUT2D eigenvalue weighted by Gasteiger charge is 2.54. The molecule has 0 aromatic heterocycles. The second-order valence-electron chi connectivity index (χ2n) is 7.03. The van der Waals surface area contributed by atoms with E-state index in [9.17, 15) is 14.9 Å². The molecule has 8 nitrogen and oxygen atoms in total. The number of rotatable bonds is 3. The molecule has 1 amide bonds. The first-order valence-electron chi connectivity index (χ1n) is 7.21. The normalized spacial score (nSPS) is 21.6. The number of nitrogens with zero attached hydrogens (tertiary/aromatic N) is 3. The zero-order chi connectivity index (χ0) is 16.5. The lowest BCUT2D eigenvalue weighted by molar-refractivity contribution is -0.414. The zero-order valence-corrected chi connectivity index (χ0v) is 13.1. The van der Waals surface area contributed by atoms with Crippen LogP contribution in [0.1, 0.15) is 33.6 Å². The third-order valence-corrected chi connectivity index (χ3v) is 3.84. The van der Waals surface area contributed by atoms with Crippen molar-refractivity contribution in [2.45, 2.75) is 45.3 Å². The van der Waals surface area contributed by atoms with Gasteiger partial charge in [0.25, 0.3) is 0 Å². The van der Waals surface area contributed by atoms with Crippen LogP contribution in [-0.4, -0.2) is 46.9 Å². The van der Waals surface area contributed by atoms with E-state index in [0.717, 1.165) is 19.0 Å². The van der Waals surface area contributed by atoms with E-state index < -0.39 is 10.5 Å². The Labute approximate surface area is 129 Å². The zero-order valence-electron chi connectivity index (χ0n) is 13.1. The van der Waals surface area contributed by atoms with Crippen molar-refractivity contribution in [2.24, 2.45) is 16.1 Å². The van der Waals surface area contributed by atoms with Crippen molar-refractivity contribution in [2.75, 3.05) is 13.1 Å². The maximum absolute atomic E-state index is 11.9. The second kappa shape index (κ2) is 5.58. The van der Waals surface area contributed by atoms with Gasteiger partial charge in [-0.1, -0.05) is 0 Å². The average molecular weight is 310 g/mol. The van der Waals surface area contributed by atoms with Gasteiger partial charge < -0.3 is 15.4 Å². The minimum Gasteiger partial charge on any atom is -0.444 e. The molecular weight excluding hydrogens is 288 g/mol. The minimum absolute atomic E-state index is 0.0655. The van der Waals surface area contributed by atoms with Gasteiger partial charge in [0.2, 0.25) is 0 Å². The monoisotopic (exact) mass is 310 g/mol. The molecule has 1 saturated carbocycles. The van der Waals surface area contributed by atoms with Gasteiger partial charge in [-0.15, -0.1) is 0 Å². The summed E-state index contributed by atoms with van der Waals surface area (Å²) in [5.74, 6) is 0. The van der Waals surface area contributed by atoms with Crippen LogP contribution in [0.5, 0.6) is 0 Å². The fourth-order valence-corrected chi connectivity index (χ4v) is 2.86. The molecule has 1 heterocycles. The van der Waals surface area contributed by atoms with Crippen LogP contribution in [0, 0.1) is 15.5 Å². The number of hydrogen-bond donors (Lipinski definition) is 1. The van der Waals surface area contributed by atoms with E-state index in [4.69, 9.17) is 10.5 Å². The van der Waals surface area contributed by atoms with Crippen LogP contribution in [0.3, 0.4) is 0 Å². The molecule has 2 N–H and O–H groups in total. The molecule has 122 valence electrons. The molecule has 0 bridgehead atoms. The summed E-state index contributed by atoms with van der Waals surface area (Å²) < 4.78 is 5.31. The van der Waals surface area contributed by atoms with Gasteiger partial charge in [0, 0.05) is 18.5 Å². The van der Waals surface area contributed by atoms with Gasteiger partial charge in [0.1, 0.15) is 11.8 Å². The summed E-state index contributed by atoms with van der Waals surface area (Å²) in [6.07, 6.45) is 3.52. The predicted molar refractivity (Wildman–Crippen MR) is 81.0 cm³/mol. The van der Waals surface area contributed by atoms with E-state index in [0.29, 0.717) is 13.1 Å². The largest absolute Gasteiger partial charge is 0.444 e. The SMILES string of the molecule is CC(C)(C)OC(=O)N1CC2(CC(N=C/C(=C\N)[N+](=O)[O-])C2)C1. The van der Waals surface area contributed by atoms with Gasteiger partial charge >= 0.3 is 11.8 Å². The number of ether oxygens (including phenoxy) is 1. The maximum Gasteiger partial charge on any atom is 0.410 e. The van der Waals surface area contributed by atoms with Gasteiger partial charge in [-0.2, -0.15) is 0 Å². The van der Waals surface area contributed by atoms with E-state index >= 15 is 0 Å².